The third-order valence-electron chi connectivity index (χ3n) is 4.91. The van der Waals surface area contributed by atoms with Gasteiger partial charge in [0, 0.05) is 23.5 Å². The lowest BCUT2D eigenvalue weighted by Crippen LogP contribution is -2.54. The molecule has 8 heteroatoms. The van der Waals surface area contributed by atoms with Gasteiger partial charge < -0.3 is 24.7 Å². The van der Waals surface area contributed by atoms with E-state index in [1.165, 1.54) is 0 Å². The highest BCUT2D eigenvalue weighted by Gasteiger charge is 2.38. The average Bonchev–Trinajstić information content (AvgIpc) is 3.12. The number of carbonyl (C=O) groups excluding carboxylic acids is 1. The van der Waals surface area contributed by atoms with Crippen LogP contribution >= 0.6 is 0 Å². The number of methoxy groups -OCH3 is 1. The molecule has 2 aromatic carbocycles. The van der Waals surface area contributed by atoms with Gasteiger partial charge in [0.15, 0.2) is 17.7 Å². The quantitative estimate of drug-likeness (QED) is 0.711. The summed E-state index contributed by atoms with van der Waals surface area (Å²) in [5.74, 6) is 2.78. The molecule has 2 aliphatic heterocycles. The predicted molar refractivity (Wildman–Crippen MR) is 96.8 cm³/mol. The molecule has 4 N–H and O–H groups in total. The summed E-state index contributed by atoms with van der Waals surface area (Å²) in [6.45, 7) is 2.23. The van der Waals surface area contributed by atoms with Crippen LogP contribution in [0.1, 0.15) is 24.0 Å². The van der Waals surface area contributed by atoms with E-state index in [4.69, 9.17) is 24.7 Å². The maximum Gasteiger partial charge on any atom is 0.326 e. The van der Waals surface area contributed by atoms with Gasteiger partial charge in [0.1, 0.15) is 11.5 Å². The number of rotatable bonds is 4. The minimum atomic E-state index is -0.678. The lowest BCUT2D eigenvalue weighted by Gasteiger charge is -2.38. The fraction of sp³-hybridized carbons (Fsp3) is 0.316. The lowest BCUT2D eigenvalue weighted by molar-refractivity contribution is 0.0692. The molecule has 2 amide bonds. The Labute approximate surface area is 156 Å². The minimum absolute atomic E-state index is 0.00123. The molecule has 0 spiro atoms. The van der Waals surface area contributed by atoms with Crippen LogP contribution in [0.2, 0.25) is 0 Å². The molecule has 0 aromatic heterocycles. The van der Waals surface area contributed by atoms with Crippen molar-refractivity contribution in [3.63, 3.8) is 0 Å². The highest BCUT2D eigenvalue weighted by molar-refractivity contribution is 5.71. The van der Waals surface area contributed by atoms with E-state index in [1.54, 1.807) is 7.11 Å². The van der Waals surface area contributed by atoms with Crippen LogP contribution in [0.15, 0.2) is 36.4 Å². The number of amides is 2. The molecule has 0 fully saturated rings. The van der Waals surface area contributed by atoms with Crippen LogP contribution in [0, 0.1) is 5.92 Å². The van der Waals surface area contributed by atoms with Crippen molar-refractivity contribution in [2.45, 2.75) is 19.1 Å². The predicted octanol–water partition coefficient (Wildman–Crippen LogP) is 2.08. The highest BCUT2D eigenvalue weighted by Crippen LogP contribution is 2.48. The van der Waals surface area contributed by atoms with Crippen molar-refractivity contribution in [3.05, 3.63) is 47.5 Å². The molecule has 2 heterocycles. The zero-order valence-electron chi connectivity index (χ0n) is 15.0. The number of primary amides is 1. The van der Waals surface area contributed by atoms with E-state index in [1.807, 2.05) is 43.3 Å². The van der Waals surface area contributed by atoms with Crippen molar-refractivity contribution in [2.24, 2.45) is 11.7 Å². The van der Waals surface area contributed by atoms with Crippen molar-refractivity contribution in [1.82, 2.24) is 10.9 Å². The van der Waals surface area contributed by atoms with Gasteiger partial charge in [-0.05, 0) is 23.8 Å². The van der Waals surface area contributed by atoms with E-state index in [-0.39, 0.29) is 18.6 Å². The maximum atomic E-state index is 11.1. The molecule has 2 aliphatic rings. The zero-order valence-corrected chi connectivity index (χ0v) is 15.0. The Hall–Kier alpha value is -3.13. The van der Waals surface area contributed by atoms with Gasteiger partial charge in [0.05, 0.1) is 7.11 Å². The summed E-state index contributed by atoms with van der Waals surface area (Å²) >= 11 is 0. The number of nitrogens with one attached hydrogen (secondary N) is 2. The third-order valence-corrected chi connectivity index (χ3v) is 4.91. The second kappa shape index (κ2) is 6.88. The third kappa shape index (κ3) is 3.19. The molecule has 0 radical (unpaired) electrons. The van der Waals surface area contributed by atoms with Crippen LogP contribution in [0.25, 0.3) is 0 Å². The number of nitrogens with two attached hydrogens (primary N) is 1. The molecule has 0 aliphatic carbocycles. The molecule has 0 saturated heterocycles. The monoisotopic (exact) mass is 371 g/mol. The number of hydrazine groups is 1. The fourth-order valence-electron chi connectivity index (χ4n) is 3.58. The molecular weight excluding hydrogens is 350 g/mol. The van der Waals surface area contributed by atoms with Crippen molar-refractivity contribution in [1.29, 1.82) is 0 Å². The van der Waals surface area contributed by atoms with Crippen LogP contribution < -0.4 is 35.5 Å². The molecule has 0 bridgehead atoms. The number of ether oxygens (including phenoxy) is 4. The van der Waals surface area contributed by atoms with Gasteiger partial charge >= 0.3 is 6.03 Å². The van der Waals surface area contributed by atoms with Crippen molar-refractivity contribution in [3.8, 4) is 23.0 Å². The van der Waals surface area contributed by atoms with Crippen molar-refractivity contribution >= 4 is 6.03 Å². The largest absolute Gasteiger partial charge is 0.497 e. The Morgan fingerprint density at radius 2 is 1.85 bits per heavy atom. The van der Waals surface area contributed by atoms with E-state index in [9.17, 15) is 4.79 Å². The molecule has 142 valence electrons. The van der Waals surface area contributed by atoms with E-state index >= 15 is 0 Å². The van der Waals surface area contributed by atoms with E-state index in [0.717, 1.165) is 16.9 Å². The fourth-order valence-corrected chi connectivity index (χ4v) is 3.58. The smallest absolute Gasteiger partial charge is 0.326 e. The highest BCUT2D eigenvalue weighted by atomic mass is 16.7. The van der Waals surface area contributed by atoms with Gasteiger partial charge in [0.2, 0.25) is 6.79 Å². The molecule has 8 nitrogen and oxygen atoms in total. The molecule has 3 atom stereocenters. The van der Waals surface area contributed by atoms with E-state index in [0.29, 0.717) is 17.2 Å². The number of fused-ring (bicyclic) bond motifs is 2. The van der Waals surface area contributed by atoms with Crippen LogP contribution in [0.3, 0.4) is 0 Å². The van der Waals surface area contributed by atoms with Crippen molar-refractivity contribution in [2.75, 3.05) is 13.9 Å². The summed E-state index contributed by atoms with van der Waals surface area (Å²) in [6.07, 6.45) is -0.475. The number of benzene rings is 2. The second-order valence-corrected chi connectivity index (χ2v) is 6.53. The number of hydrogen-bond acceptors (Lipinski definition) is 6. The standard InChI is InChI=1S/C19H21N3O5/c1-10-17(11-3-5-12(24-2)6-4-11)13-7-15-16(26-9-25-15)8-14(13)27-18(10)21-22-19(20)23/h3-8,10,17-18,21H,9H2,1-2H3,(H3,20,22,23)/t10-,17+,18+/m1/s1. The second-order valence-electron chi connectivity index (χ2n) is 6.53. The number of hydrogen-bond donors (Lipinski definition) is 3. The summed E-state index contributed by atoms with van der Waals surface area (Å²) < 4.78 is 22.3. The van der Waals surface area contributed by atoms with Gasteiger partial charge in [-0.3, -0.25) is 5.43 Å². The normalized spacial score (nSPS) is 22.5. The molecule has 0 saturated carbocycles. The summed E-state index contributed by atoms with van der Waals surface area (Å²) in [4.78, 5) is 11.1. The molecule has 27 heavy (non-hydrogen) atoms. The molecule has 4 rings (SSSR count). The number of urea groups is 1. The van der Waals surface area contributed by atoms with E-state index < -0.39 is 12.3 Å². The van der Waals surface area contributed by atoms with Gasteiger partial charge in [-0.2, -0.15) is 5.43 Å². The van der Waals surface area contributed by atoms with Crippen LogP contribution in [-0.2, 0) is 0 Å². The summed E-state index contributed by atoms with van der Waals surface area (Å²) in [5.41, 5.74) is 12.5. The first-order chi connectivity index (χ1) is 13.1. The first-order valence-electron chi connectivity index (χ1n) is 8.62. The first-order valence-corrected chi connectivity index (χ1v) is 8.62. The van der Waals surface area contributed by atoms with Gasteiger partial charge in [-0.25, -0.2) is 4.79 Å². The van der Waals surface area contributed by atoms with Gasteiger partial charge in [-0.15, -0.1) is 0 Å². The molecular formula is C19H21N3O5. The number of carbonyl (C=O) groups is 1. The Bertz CT molecular complexity index is 855. The Morgan fingerprint density at radius 1 is 1.15 bits per heavy atom. The summed E-state index contributed by atoms with van der Waals surface area (Å²) in [5, 5.41) is 0. The van der Waals surface area contributed by atoms with Crippen LogP contribution in [0.5, 0.6) is 23.0 Å². The SMILES string of the molecule is COc1ccc([C@H]2c3cc4c(cc3O[C@H](NNC(N)=O)[C@@H]2C)OCO4)cc1. The molecule has 0 unspecified atom stereocenters. The summed E-state index contributed by atoms with van der Waals surface area (Å²) in [7, 11) is 1.64. The topological polar surface area (TPSA) is 104 Å². The average molecular weight is 371 g/mol. The first kappa shape index (κ1) is 17.3. The lowest BCUT2D eigenvalue weighted by atomic mass is 9.78. The maximum absolute atomic E-state index is 11.1. The Balaban J connectivity index is 1.75. The van der Waals surface area contributed by atoms with Crippen LogP contribution in [0.4, 0.5) is 4.79 Å². The zero-order chi connectivity index (χ0) is 19.0. The Kier molecular flexibility index (Phi) is 4.41. The van der Waals surface area contributed by atoms with Gasteiger partial charge in [-0.1, -0.05) is 19.1 Å². The van der Waals surface area contributed by atoms with Gasteiger partial charge in [0.25, 0.3) is 0 Å². The van der Waals surface area contributed by atoms with Crippen molar-refractivity contribution < 1.29 is 23.7 Å². The summed E-state index contributed by atoms with van der Waals surface area (Å²) in [6, 6.07) is 11.0. The molecule has 2 aromatic rings. The van der Waals surface area contributed by atoms with Crippen LogP contribution in [-0.4, -0.2) is 26.2 Å². The Morgan fingerprint density at radius 3 is 2.52 bits per heavy atom. The van der Waals surface area contributed by atoms with E-state index in [2.05, 4.69) is 10.9 Å². The minimum Gasteiger partial charge on any atom is -0.497 e.